The Labute approximate surface area is 106 Å². The summed E-state index contributed by atoms with van der Waals surface area (Å²) >= 11 is 1.68. The molecule has 1 rings (SSSR count). The second kappa shape index (κ2) is 5.96. The first-order valence-electron chi connectivity index (χ1n) is 5.46. The number of carbonyl (C=O) groups is 1. The molecule has 4 heteroatoms. The summed E-state index contributed by atoms with van der Waals surface area (Å²) in [6.45, 7) is 3.82. The fourth-order valence-electron chi connectivity index (χ4n) is 1.20. The Morgan fingerprint density at radius 2 is 1.94 bits per heavy atom. The number of hydrogen-bond donors (Lipinski definition) is 1. The molecule has 0 aliphatic heterocycles. The topological polar surface area (TPSA) is 46.5 Å². The van der Waals surface area contributed by atoms with E-state index in [4.69, 9.17) is 9.84 Å². The number of benzene rings is 1. The summed E-state index contributed by atoms with van der Waals surface area (Å²) in [4.78, 5) is 12.1. The van der Waals surface area contributed by atoms with Crippen molar-refractivity contribution in [2.24, 2.45) is 5.41 Å². The molecule has 1 N–H and O–H groups in total. The van der Waals surface area contributed by atoms with Gasteiger partial charge in [0.2, 0.25) is 0 Å². The third-order valence-electron chi connectivity index (χ3n) is 2.63. The van der Waals surface area contributed by atoms with Gasteiger partial charge in [0.1, 0.15) is 5.75 Å². The molecule has 0 heterocycles. The molecule has 0 amide bonds. The molecule has 0 bridgehead atoms. The summed E-state index contributed by atoms with van der Waals surface area (Å²) in [5, 5.41) is 8.95. The van der Waals surface area contributed by atoms with Crippen molar-refractivity contribution in [3.63, 3.8) is 0 Å². The van der Waals surface area contributed by atoms with Crippen LogP contribution >= 0.6 is 11.8 Å². The fraction of sp³-hybridized carbons (Fsp3) is 0.462. The number of aliphatic carboxylic acids is 1. The van der Waals surface area contributed by atoms with Crippen LogP contribution in [0, 0.1) is 5.41 Å². The van der Waals surface area contributed by atoms with Crippen LogP contribution in [0.25, 0.3) is 0 Å². The molecule has 1 aromatic rings. The van der Waals surface area contributed by atoms with Gasteiger partial charge in [0.05, 0.1) is 12.0 Å². The minimum Gasteiger partial charge on any atom is -0.494 e. The standard InChI is InChI=1S/C13H18O3S/c1-13(2,12(14)15)8-9-16-10-4-6-11(17-3)7-5-10/h4-7H,8-9H2,1-3H3,(H,14,15). The Balaban J connectivity index is 2.43. The van der Waals surface area contributed by atoms with E-state index in [1.165, 1.54) is 4.90 Å². The fourth-order valence-corrected chi connectivity index (χ4v) is 1.61. The number of carboxylic acid groups (broad SMARTS) is 1. The van der Waals surface area contributed by atoms with Crippen molar-refractivity contribution in [3.05, 3.63) is 24.3 Å². The lowest BCUT2D eigenvalue weighted by atomic mass is 9.90. The van der Waals surface area contributed by atoms with Crippen LogP contribution in [0.1, 0.15) is 20.3 Å². The molecule has 0 aromatic heterocycles. The smallest absolute Gasteiger partial charge is 0.309 e. The van der Waals surface area contributed by atoms with Gasteiger partial charge in [-0.15, -0.1) is 11.8 Å². The van der Waals surface area contributed by atoms with E-state index in [-0.39, 0.29) is 0 Å². The first-order valence-corrected chi connectivity index (χ1v) is 6.68. The van der Waals surface area contributed by atoms with Crippen LogP contribution < -0.4 is 4.74 Å². The van der Waals surface area contributed by atoms with Gasteiger partial charge in [-0.05, 0) is 50.8 Å². The molecule has 17 heavy (non-hydrogen) atoms. The highest BCUT2D eigenvalue weighted by Crippen LogP contribution is 2.22. The van der Waals surface area contributed by atoms with Crippen molar-refractivity contribution in [1.82, 2.24) is 0 Å². The molecular formula is C13H18O3S. The Morgan fingerprint density at radius 3 is 2.41 bits per heavy atom. The van der Waals surface area contributed by atoms with Crippen LogP contribution in [0.15, 0.2) is 29.2 Å². The maximum absolute atomic E-state index is 10.9. The highest BCUT2D eigenvalue weighted by molar-refractivity contribution is 7.98. The van der Waals surface area contributed by atoms with E-state index in [0.717, 1.165) is 5.75 Å². The van der Waals surface area contributed by atoms with Crippen LogP contribution in [-0.2, 0) is 4.79 Å². The summed E-state index contributed by atoms with van der Waals surface area (Å²) in [6.07, 6.45) is 2.51. The van der Waals surface area contributed by atoms with Gasteiger partial charge in [0.15, 0.2) is 0 Å². The maximum Gasteiger partial charge on any atom is 0.309 e. The van der Waals surface area contributed by atoms with E-state index >= 15 is 0 Å². The summed E-state index contributed by atoms with van der Waals surface area (Å²) in [7, 11) is 0. The molecule has 0 aliphatic rings. The number of hydrogen-bond acceptors (Lipinski definition) is 3. The van der Waals surface area contributed by atoms with Crippen LogP contribution in [-0.4, -0.2) is 23.9 Å². The van der Waals surface area contributed by atoms with Crippen molar-refractivity contribution >= 4 is 17.7 Å². The lowest BCUT2D eigenvalue weighted by molar-refractivity contribution is -0.147. The summed E-state index contributed by atoms with van der Waals surface area (Å²) < 4.78 is 5.52. The van der Waals surface area contributed by atoms with E-state index in [9.17, 15) is 4.79 Å². The predicted octanol–water partition coefficient (Wildman–Crippen LogP) is 3.29. The molecule has 0 aliphatic carbocycles. The van der Waals surface area contributed by atoms with E-state index in [2.05, 4.69) is 0 Å². The van der Waals surface area contributed by atoms with Gasteiger partial charge in [0.25, 0.3) is 0 Å². The van der Waals surface area contributed by atoms with Crippen LogP contribution in [0.5, 0.6) is 5.75 Å². The second-order valence-corrected chi connectivity index (χ2v) is 5.34. The Hall–Kier alpha value is -1.16. The lowest BCUT2D eigenvalue weighted by Gasteiger charge is -2.18. The van der Waals surface area contributed by atoms with Crippen molar-refractivity contribution < 1.29 is 14.6 Å². The van der Waals surface area contributed by atoms with Crippen molar-refractivity contribution in [2.75, 3.05) is 12.9 Å². The van der Waals surface area contributed by atoms with Crippen LogP contribution in [0.3, 0.4) is 0 Å². The van der Waals surface area contributed by atoms with Gasteiger partial charge in [-0.2, -0.15) is 0 Å². The van der Waals surface area contributed by atoms with Gasteiger partial charge in [-0.1, -0.05) is 0 Å². The number of ether oxygens (including phenoxy) is 1. The third kappa shape index (κ3) is 4.30. The Bertz CT molecular complexity index is 371. The molecule has 0 spiro atoms. The zero-order chi connectivity index (χ0) is 12.9. The predicted molar refractivity (Wildman–Crippen MR) is 69.8 cm³/mol. The minimum atomic E-state index is -0.793. The average molecular weight is 254 g/mol. The van der Waals surface area contributed by atoms with Crippen LogP contribution in [0.4, 0.5) is 0 Å². The first kappa shape index (κ1) is 13.9. The quantitative estimate of drug-likeness (QED) is 0.791. The SMILES string of the molecule is CSc1ccc(OCCC(C)(C)C(=O)O)cc1. The molecule has 0 saturated carbocycles. The zero-order valence-corrected chi connectivity index (χ0v) is 11.2. The van der Waals surface area contributed by atoms with Gasteiger partial charge in [-0.25, -0.2) is 0 Å². The minimum absolute atomic E-state index is 0.415. The lowest BCUT2D eigenvalue weighted by Crippen LogP contribution is -2.25. The van der Waals surface area contributed by atoms with Crippen molar-refractivity contribution in [2.45, 2.75) is 25.2 Å². The third-order valence-corrected chi connectivity index (χ3v) is 3.38. The Morgan fingerprint density at radius 1 is 1.35 bits per heavy atom. The molecule has 94 valence electrons. The van der Waals surface area contributed by atoms with Crippen LogP contribution in [0.2, 0.25) is 0 Å². The molecule has 3 nitrogen and oxygen atoms in total. The summed E-state index contributed by atoms with van der Waals surface area (Å²) in [5.74, 6) is -0.0113. The largest absolute Gasteiger partial charge is 0.494 e. The van der Waals surface area contributed by atoms with Gasteiger partial charge >= 0.3 is 5.97 Å². The molecule has 0 radical (unpaired) electrons. The molecule has 0 unspecified atom stereocenters. The van der Waals surface area contributed by atoms with Gasteiger partial charge in [0, 0.05) is 4.90 Å². The Kier molecular flexibility index (Phi) is 4.87. The normalized spacial score (nSPS) is 11.2. The molecule has 1 aromatic carbocycles. The van der Waals surface area contributed by atoms with Crippen molar-refractivity contribution in [3.8, 4) is 5.75 Å². The molecule has 0 fully saturated rings. The second-order valence-electron chi connectivity index (χ2n) is 4.46. The van der Waals surface area contributed by atoms with E-state index in [0.29, 0.717) is 13.0 Å². The van der Waals surface area contributed by atoms with E-state index in [1.807, 2.05) is 30.5 Å². The van der Waals surface area contributed by atoms with E-state index in [1.54, 1.807) is 25.6 Å². The molecular weight excluding hydrogens is 236 g/mol. The van der Waals surface area contributed by atoms with Crippen molar-refractivity contribution in [1.29, 1.82) is 0 Å². The van der Waals surface area contributed by atoms with E-state index < -0.39 is 11.4 Å². The number of thioether (sulfide) groups is 1. The number of rotatable bonds is 6. The maximum atomic E-state index is 10.9. The molecule has 0 atom stereocenters. The highest BCUT2D eigenvalue weighted by atomic mass is 32.2. The zero-order valence-electron chi connectivity index (χ0n) is 10.4. The van der Waals surface area contributed by atoms with Gasteiger partial charge in [-0.3, -0.25) is 4.79 Å². The van der Waals surface area contributed by atoms with Gasteiger partial charge < -0.3 is 9.84 Å². The average Bonchev–Trinajstić information content (AvgIpc) is 2.29. The number of carboxylic acids is 1. The highest BCUT2D eigenvalue weighted by Gasteiger charge is 2.26. The molecule has 0 saturated heterocycles. The monoisotopic (exact) mass is 254 g/mol. The summed E-state index contributed by atoms with van der Waals surface area (Å²) in [6, 6.07) is 7.78. The first-order chi connectivity index (χ1) is 7.95. The summed E-state index contributed by atoms with van der Waals surface area (Å²) in [5.41, 5.74) is -0.737.